The lowest BCUT2D eigenvalue weighted by Crippen LogP contribution is -2.36. The Labute approximate surface area is 172 Å². The molecule has 2 aliphatic rings. The van der Waals surface area contributed by atoms with Crippen LogP contribution < -0.4 is 24.8 Å². The lowest BCUT2D eigenvalue weighted by Gasteiger charge is -2.13. The summed E-state index contributed by atoms with van der Waals surface area (Å²) >= 11 is 0. The number of ether oxygens (including phenoxy) is 3. The molecule has 2 heterocycles. The highest BCUT2D eigenvalue weighted by atomic mass is 16.7. The second kappa shape index (κ2) is 8.32. The number of nitrogens with one attached hydrogen (secondary N) is 2. The summed E-state index contributed by atoms with van der Waals surface area (Å²) in [5, 5.41) is 5.33. The van der Waals surface area contributed by atoms with E-state index in [4.69, 9.17) is 14.2 Å². The number of carbonyl (C=O) groups is 3. The minimum absolute atomic E-state index is 0.129. The molecule has 0 spiro atoms. The van der Waals surface area contributed by atoms with Gasteiger partial charge in [-0.3, -0.25) is 14.5 Å². The van der Waals surface area contributed by atoms with Crippen LogP contribution in [0.25, 0.3) is 0 Å². The maximum Gasteiger partial charge on any atom is 0.325 e. The molecule has 0 aliphatic carbocycles. The van der Waals surface area contributed by atoms with Crippen LogP contribution in [0, 0.1) is 0 Å². The Morgan fingerprint density at radius 3 is 2.63 bits per heavy atom. The zero-order chi connectivity index (χ0) is 21.1. The number of carbonyl (C=O) groups excluding carboxylic acids is 3. The van der Waals surface area contributed by atoms with Gasteiger partial charge in [0.25, 0.3) is 5.91 Å². The molecule has 0 radical (unpaired) electrons. The highest BCUT2D eigenvalue weighted by Crippen LogP contribution is 2.32. The van der Waals surface area contributed by atoms with E-state index in [-0.39, 0.29) is 32.2 Å². The van der Waals surface area contributed by atoms with Crippen molar-refractivity contribution in [2.24, 2.45) is 0 Å². The van der Waals surface area contributed by atoms with Crippen molar-refractivity contribution in [3.05, 3.63) is 53.6 Å². The number of rotatable bonds is 7. The van der Waals surface area contributed by atoms with Crippen LogP contribution in [-0.2, 0) is 22.7 Å². The fraction of sp³-hybridized carbons (Fsp3) is 0.286. The molecule has 2 aromatic rings. The first-order chi connectivity index (χ1) is 14.5. The number of fused-ring (bicyclic) bond motifs is 1. The van der Waals surface area contributed by atoms with Gasteiger partial charge in [-0.05, 0) is 35.4 Å². The molecular weight excluding hydrogens is 390 g/mol. The Kier molecular flexibility index (Phi) is 5.42. The summed E-state index contributed by atoms with van der Waals surface area (Å²) < 4.78 is 15.7. The van der Waals surface area contributed by atoms with E-state index >= 15 is 0 Å². The summed E-state index contributed by atoms with van der Waals surface area (Å²) in [7, 11) is 1.56. The molecule has 2 aromatic carbocycles. The number of urea groups is 1. The van der Waals surface area contributed by atoms with Crippen molar-refractivity contribution >= 4 is 17.8 Å². The van der Waals surface area contributed by atoms with E-state index in [0.717, 1.165) is 16.0 Å². The number of amides is 4. The zero-order valence-corrected chi connectivity index (χ0v) is 16.3. The van der Waals surface area contributed by atoms with Gasteiger partial charge in [0.2, 0.25) is 12.7 Å². The molecule has 9 nitrogen and oxygen atoms in total. The van der Waals surface area contributed by atoms with Crippen LogP contribution in [0.2, 0.25) is 0 Å². The molecule has 30 heavy (non-hydrogen) atoms. The lowest BCUT2D eigenvalue weighted by molar-refractivity contribution is -0.131. The topological polar surface area (TPSA) is 106 Å². The van der Waals surface area contributed by atoms with Crippen molar-refractivity contribution < 1.29 is 28.6 Å². The molecule has 4 rings (SSSR count). The molecule has 1 unspecified atom stereocenters. The van der Waals surface area contributed by atoms with Crippen molar-refractivity contribution in [3.63, 3.8) is 0 Å². The molecule has 2 N–H and O–H groups in total. The van der Waals surface area contributed by atoms with Crippen LogP contribution >= 0.6 is 0 Å². The fourth-order valence-electron chi connectivity index (χ4n) is 3.29. The highest BCUT2D eigenvalue weighted by molar-refractivity contribution is 6.05. The van der Waals surface area contributed by atoms with Crippen LogP contribution in [0.1, 0.15) is 17.5 Å². The number of hydrogen-bond donors (Lipinski definition) is 2. The minimum Gasteiger partial charge on any atom is -0.497 e. The van der Waals surface area contributed by atoms with E-state index in [1.54, 1.807) is 43.5 Å². The van der Waals surface area contributed by atoms with Gasteiger partial charge in [0, 0.05) is 6.54 Å². The Bertz CT molecular complexity index is 975. The second-order valence-electron chi connectivity index (χ2n) is 6.94. The lowest BCUT2D eigenvalue weighted by atomic mass is 10.1. The van der Waals surface area contributed by atoms with Gasteiger partial charge < -0.3 is 24.8 Å². The standard InChI is InChI=1S/C21H21N3O6/c1-28-15-5-2-13(3-6-15)11-24-20(26)16(23-21(24)27)9-19(25)22-10-14-4-7-17-18(8-14)30-12-29-17/h2-8,16H,9-12H2,1H3,(H,22,25)(H,23,27). The Balaban J connectivity index is 1.30. The van der Waals surface area contributed by atoms with Crippen molar-refractivity contribution in [3.8, 4) is 17.2 Å². The van der Waals surface area contributed by atoms with Crippen molar-refractivity contribution in [1.29, 1.82) is 0 Å². The molecule has 0 aromatic heterocycles. The number of hydrogen-bond acceptors (Lipinski definition) is 6. The van der Waals surface area contributed by atoms with Crippen LogP contribution in [0.5, 0.6) is 17.2 Å². The molecule has 2 aliphatic heterocycles. The number of nitrogens with zero attached hydrogens (tertiary/aromatic N) is 1. The molecule has 4 amide bonds. The zero-order valence-electron chi connectivity index (χ0n) is 16.3. The average Bonchev–Trinajstić information content (AvgIpc) is 3.32. The first kappa shape index (κ1) is 19.6. The van der Waals surface area contributed by atoms with Gasteiger partial charge in [-0.25, -0.2) is 4.79 Å². The maximum absolute atomic E-state index is 12.6. The van der Waals surface area contributed by atoms with Gasteiger partial charge in [-0.15, -0.1) is 0 Å². The van der Waals surface area contributed by atoms with Crippen LogP contribution in [-0.4, -0.2) is 42.7 Å². The largest absolute Gasteiger partial charge is 0.497 e. The molecule has 156 valence electrons. The molecule has 0 saturated carbocycles. The van der Waals surface area contributed by atoms with Gasteiger partial charge in [0.15, 0.2) is 11.5 Å². The maximum atomic E-state index is 12.6. The first-order valence-corrected chi connectivity index (χ1v) is 9.43. The molecular formula is C21H21N3O6. The summed E-state index contributed by atoms with van der Waals surface area (Å²) in [5.41, 5.74) is 1.63. The normalized spacial score (nSPS) is 17.1. The van der Waals surface area contributed by atoms with E-state index in [1.165, 1.54) is 0 Å². The third-order valence-electron chi connectivity index (χ3n) is 4.92. The van der Waals surface area contributed by atoms with Crippen molar-refractivity contribution in [1.82, 2.24) is 15.5 Å². The predicted octanol–water partition coefficient (Wildman–Crippen LogP) is 1.55. The smallest absolute Gasteiger partial charge is 0.325 e. The Morgan fingerprint density at radius 2 is 1.87 bits per heavy atom. The van der Waals surface area contributed by atoms with E-state index in [1.807, 2.05) is 6.07 Å². The molecule has 1 atom stereocenters. The summed E-state index contributed by atoms with van der Waals surface area (Å²) in [4.78, 5) is 38.2. The average molecular weight is 411 g/mol. The van der Waals surface area contributed by atoms with Crippen LogP contribution in [0.3, 0.4) is 0 Å². The van der Waals surface area contributed by atoms with Gasteiger partial charge in [-0.1, -0.05) is 18.2 Å². The van der Waals surface area contributed by atoms with Crippen molar-refractivity contribution in [2.75, 3.05) is 13.9 Å². The van der Waals surface area contributed by atoms with Gasteiger partial charge >= 0.3 is 6.03 Å². The van der Waals surface area contributed by atoms with Crippen LogP contribution in [0.4, 0.5) is 4.79 Å². The van der Waals surface area contributed by atoms with Gasteiger partial charge in [0.1, 0.15) is 11.8 Å². The minimum atomic E-state index is -0.882. The summed E-state index contributed by atoms with van der Waals surface area (Å²) in [6, 6.07) is 11.1. The molecule has 1 fully saturated rings. The van der Waals surface area contributed by atoms with E-state index in [2.05, 4.69) is 10.6 Å². The predicted molar refractivity (Wildman–Crippen MR) is 105 cm³/mol. The first-order valence-electron chi connectivity index (χ1n) is 9.43. The number of benzene rings is 2. The van der Waals surface area contributed by atoms with Gasteiger partial charge in [0.05, 0.1) is 20.1 Å². The molecule has 1 saturated heterocycles. The SMILES string of the molecule is COc1ccc(CN2C(=O)NC(CC(=O)NCc3ccc4c(c3)OCO4)C2=O)cc1. The molecule has 0 bridgehead atoms. The second-order valence-corrected chi connectivity index (χ2v) is 6.94. The highest BCUT2D eigenvalue weighted by Gasteiger charge is 2.38. The van der Waals surface area contributed by atoms with E-state index in [0.29, 0.717) is 17.2 Å². The Morgan fingerprint density at radius 1 is 1.13 bits per heavy atom. The van der Waals surface area contributed by atoms with Gasteiger partial charge in [-0.2, -0.15) is 0 Å². The summed E-state index contributed by atoms with van der Waals surface area (Å²) in [5.74, 6) is 1.23. The third kappa shape index (κ3) is 4.14. The van der Waals surface area contributed by atoms with Crippen molar-refractivity contribution in [2.45, 2.75) is 25.6 Å². The summed E-state index contributed by atoms with van der Waals surface area (Å²) in [6.45, 7) is 0.589. The summed E-state index contributed by atoms with van der Waals surface area (Å²) in [6.07, 6.45) is -0.131. The van der Waals surface area contributed by atoms with E-state index < -0.39 is 18.0 Å². The monoisotopic (exact) mass is 411 g/mol. The Hall–Kier alpha value is -3.75. The number of imide groups is 1. The number of methoxy groups -OCH3 is 1. The quantitative estimate of drug-likeness (QED) is 0.670. The molecule has 9 heteroatoms. The van der Waals surface area contributed by atoms with E-state index in [9.17, 15) is 14.4 Å². The fourth-order valence-corrected chi connectivity index (χ4v) is 3.29. The third-order valence-corrected chi connectivity index (χ3v) is 4.92. The van der Waals surface area contributed by atoms with Crippen LogP contribution in [0.15, 0.2) is 42.5 Å².